The summed E-state index contributed by atoms with van der Waals surface area (Å²) in [7, 11) is 1.82. The summed E-state index contributed by atoms with van der Waals surface area (Å²) in [4.78, 5) is 2.72. The normalized spacial score (nSPS) is 34.7. The molecular weight excluding hydrogens is 224 g/mol. The van der Waals surface area contributed by atoms with Crippen LogP contribution in [-0.2, 0) is 4.74 Å². The molecule has 0 bridgehead atoms. The van der Waals surface area contributed by atoms with Gasteiger partial charge in [-0.25, -0.2) is 0 Å². The van der Waals surface area contributed by atoms with Crippen molar-refractivity contribution in [2.75, 3.05) is 46.4 Å². The van der Waals surface area contributed by atoms with Gasteiger partial charge in [-0.3, -0.25) is 0 Å². The third kappa shape index (κ3) is 4.22. The first kappa shape index (κ1) is 14.3. The van der Waals surface area contributed by atoms with Crippen molar-refractivity contribution in [2.45, 2.75) is 39.0 Å². The molecule has 3 heteroatoms. The molecule has 0 aromatic carbocycles. The number of nitrogens with one attached hydrogen (secondary N) is 1. The van der Waals surface area contributed by atoms with Crippen molar-refractivity contribution < 1.29 is 4.74 Å². The highest BCUT2D eigenvalue weighted by atomic mass is 16.5. The number of rotatable bonds is 5. The van der Waals surface area contributed by atoms with Crippen molar-refractivity contribution in [1.29, 1.82) is 0 Å². The van der Waals surface area contributed by atoms with Gasteiger partial charge in [-0.15, -0.1) is 0 Å². The summed E-state index contributed by atoms with van der Waals surface area (Å²) in [6.07, 6.45) is 6.76. The topological polar surface area (TPSA) is 24.5 Å². The molecule has 106 valence electrons. The molecule has 0 aliphatic carbocycles. The van der Waals surface area contributed by atoms with Gasteiger partial charge in [0.05, 0.1) is 0 Å². The fourth-order valence-corrected chi connectivity index (χ4v) is 3.52. The summed E-state index contributed by atoms with van der Waals surface area (Å²) >= 11 is 0. The quantitative estimate of drug-likeness (QED) is 0.813. The van der Waals surface area contributed by atoms with Gasteiger partial charge in [0.25, 0.3) is 0 Å². The van der Waals surface area contributed by atoms with Crippen LogP contribution in [0.25, 0.3) is 0 Å². The number of hydrogen-bond acceptors (Lipinski definition) is 3. The fourth-order valence-electron chi connectivity index (χ4n) is 3.52. The first-order valence-corrected chi connectivity index (χ1v) is 7.64. The van der Waals surface area contributed by atoms with Crippen molar-refractivity contribution in [3.05, 3.63) is 0 Å². The Labute approximate surface area is 112 Å². The van der Waals surface area contributed by atoms with Crippen molar-refractivity contribution in [3.63, 3.8) is 0 Å². The van der Waals surface area contributed by atoms with E-state index in [1.807, 2.05) is 7.11 Å². The first-order valence-electron chi connectivity index (χ1n) is 7.64. The van der Waals surface area contributed by atoms with Crippen LogP contribution in [0.15, 0.2) is 0 Å². The van der Waals surface area contributed by atoms with Gasteiger partial charge in [-0.2, -0.15) is 0 Å². The predicted octanol–water partition coefficient (Wildman–Crippen LogP) is 2.12. The number of ether oxygens (including phenoxy) is 1. The van der Waals surface area contributed by atoms with E-state index in [0.29, 0.717) is 5.41 Å². The molecule has 2 unspecified atom stereocenters. The van der Waals surface area contributed by atoms with Crippen LogP contribution in [0.1, 0.15) is 39.0 Å². The van der Waals surface area contributed by atoms with Crippen molar-refractivity contribution >= 4 is 0 Å². The molecule has 0 aromatic rings. The van der Waals surface area contributed by atoms with Crippen LogP contribution >= 0.6 is 0 Å². The van der Waals surface area contributed by atoms with Gasteiger partial charge < -0.3 is 15.0 Å². The number of nitrogens with zero attached hydrogens (tertiary/aromatic N) is 1. The highest BCUT2D eigenvalue weighted by molar-refractivity contribution is 4.87. The fraction of sp³-hybridized carbons (Fsp3) is 1.00. The molecule has 0 radical (unpaired) electrons. The standard InChI is InChI=1S/C15H30N2O/c1-15(7-8-16-12-15)13-17-9-4-3-5-14(11-17)6-10-18-2/h14,16H,3-13H2,1-2H3. The third-order valence-corrected chi connectivity index (χ3v) is 4.65. The number of hydrogen-bond donors (Lipinski definition) is 1. The molecular formula is C15H30N2O. The maximum absolute atomic E-state index is 5.25. The Morgan fingerprint density at radius 1 is 1.39 bits per heavy atom. The Kier molecular flexibility index (Phi) is 5.46. The van der Waals surface area contributed by atoms with Crippen LogP contribution in [0.2, 0.25) is 0 Å². The zero-order valence-corrected chi connectivity index (χ0v) is 12.2. The monoisotopic (exact) mass is 254 g/mol. The Morgan fingerprint density at radius 2 is 2.28 bits per heavy atom. The average Bonchev–Trinajstić information content (AvgIpc) is 2.65. The minimum Gasteiger partial charge on any atom is -0.385 e. The average molecular weight is 254 g/mol. The van der Waals surface area contributed by atoms with Crippen LogP contribution in [0.4, 0.5) is 0 Å². The van der Waals surface area contributed by atoms with Crippen LogP contribution in [-0.4, -0.2) is 51.3 Å². The van der Waals surface area contributed by atoms with Crippen LogP contribution in [0.3, 0.4) is 0 Å². The minimum atomic E-state index is 0.510. The SMILES string of the molecule is COCCC1CCCCN(CC2(C)CCNC2)C1. The van der Waals surface area contributed by atoms with Crippen LogP contribution < -0.4 is 5.32 Å². The highest BCUT2D eigenvalue weighted by Gasteiger charge is 2.31. The van der Waals surface area contributed by atoms with E-state index in [4.69, 9.17) is 4.74 Å². The molecule has 2 aliphatic heterocycles. The molecule has 0 saturated carbocycles. The van der Waals surface area contributed by atoms with Gasteiger partial charge in [0.2, 0.25) is 0 Å². The van der Waals surface area contributed by atoms with E-state index in [2.05, 4.69) is 17.1 Å². The molecule has 2 rings (SSSR count). The molecule has 1 N–H and O–H groups in total. The molecule has 18 heavy (non-hydrogen) atoms. The molecule has 2 saturated heterocycles. The van der Waals surface area contributed by atoms with Crippen molar-refractivity contribution in [1.82, 2.24) is 10.2 Å². The van der Waals surface area contributed by atoms with Crippen molar-refractivity contribution in [3.8, 4) is 0 Å². The lowest BCUT2D eigenvalue weighted by Gasteiger charge is -2.32. The van der Waals surface area contributed by atoms with E-state index in [1.54, 1.807) is 0 Å². The van der Waals surface area contributed by atoms with Gasteiger partial charge in [-0.1, -0.05) is 13.3 Å². The summed E-state index contributed by atoms with van der Waals surface area (Å²) in [5, 5.41) is 3.52. The van der Waals surface area contributed by atoms with Crippen molar-refractivity contribution in [2.24, 2.45) is 11.3 Å². The van der Waals surface area contributed by atoms with E-state index in [1.165, 1.54) is 64.8 Å². The number of methoxy groups -OCH3 is 1. The second kappa shape index (κ2) is 6.88. The molecule has 0 spiro atoms. The summed E-state index contributed by atoms with van der Waals surface area (Å²) < 4.78 is 5.25. The summed E-state index contributed by atoms with van der Waals surface area (Å²) in [5.74, 6) is 0.852. The zero-order chi connectivity index (χ0) is 12.8. The maximum atomic E-state index is 5.25. The van der Waals surface area contributed by atoms with Gasteiger partial charge in [0.15, 0.2) is 0 Å². The summed E-state index contributed by atoms with van der Waals surface area (Å²) in [6, 6.07) is 0. The smallest absolute Gasteiger partial charge is 0.0465 e. The Bertz CT molecular complexity index is 239. The molecule has 0 amide bonds. The van der Waals surface area contributed by atoms with E-state index < -0.39 is 0 Å². The number of likely N-dealkylation sites (tertiary alicyclic amines) is 1. The Morgan fingerprint density at radius 3 is 3.00 bits per heavy atom. The van der Waals surface area contributed by atoms with Gasteiger partial charge in [0, 0.05) is 33.4 Å². The molecule has 3 nitrogen and oxygen atoms in total. The lowest BCUT2D eigenvalue weighted by atomic mass is 9.89. The maximum Gasteiger partial charge on any atom is 0.0465 e. The summed E-state index contributed by atoms with van der Waals surface area (Å²) in [5.41, 5.74) is 0.510. The van der Waals surface area contributed by atoms with Crippen LogP contribution in [0.5, 0.6) is 0 Å². The van der Waals surface area contributed by atoms with Crippen LogP contribution in [0, 0.1) is 11.3 Å². The van der Waals surface area contributed by atoms with E-state index in [9.17, 15) is 0 Å². The predicted molar refractivity (Wildman–Crippen MR) is 75.9 cm³/mol. The molecule has 0 aromatic heterocycles. The zero-order valence-electron chi connectivity index (χ0n) is 12.2. The third-order valence-electron chi connectivity index (χ3n) is 4.65. The molecule has 2 aliphatic rings. The van der Waals surface area contributed by atoms with E-state index in [0.717, 1.165) is 12.5 Å². The summed E-state index contributed by atoms with van der Waals surface area (Å²) in [6.45, 7) is 9.66. The lowest BCUT2D eigenvalue weighted by molar-refractivity contribution is 0.138. The highest BCUT2D eigenvalue weighted by Crippen LogP contribution is 2.28. The second-order valence-electron chi connectivity index (χ2n) is 6.62. The molecule has 2 atom stereocenters. The Hall–Kier alpha value is -0.120. The van der Waals surface area contributed by atoms with E-state index >= 15 is 0 Å². The molecule has 2 fully saturated rings. The molecule has 2 heterocycles. The minimum absolute atomic E-state index is 0.510. The first-order chi connectivity index (χ1) is 8.72. The van der Waals surface area contributed by atoms with Gasteiger partial charge in [0.1, 0.15) is 0 Å². The second-order valence-corrected chi connectivity index (χ2v) is 6.62. The van der Waals surface area contributed by atoms with Gasteiger partial charge in [-0.05, 0) is 50.1 Å². The van der Waals surface area contributed by atoms with Gasteiger partial charge >= 0.3 is 0 Å². The lowest BCUT2D eigenvalue weighted by Crippen LogP contribution is -2.39. The Balaban J connectivity index is 1.82. The largest absolute Gasteiger partial charge is 0.385 e. The van der Waals surface area contributed by atoms with E-state index in [-0.39, 0.29) is 0 Å².